The molecule has 0 aliphatic heterocycles. The van der Waals surface area contributed by atoms with Crippen LogP contribution in [0.3, 0.4) is 0 Å². The van der Waals surface area contributed by atoms with Gasteiger partial charge in [0.15, 0.2) is 5.65 Å². The van der Waals surface area contributed by atoms with Crippen molar-refractivity contribution >= 4 is 11.5 Å². The lowest BCUT2D eigenvalue weighted by atomic mass is 10.1. The number of rotatable bonds is 6. The van der Waals surface area contributed by atoms with Gasteiger partial charge in [0.25, 0.3) is 0 Å². The van der Waals surface area contributed by atoms with Gasteiger partial charge in [-0.15, -0.1) is 0 Å². The van der Waals surface area contributed by atoms with E-state index in [0.29, 0.717) is 0 Å². The van der Waals surface area contributed by atoms with E-state index >= 15 is 0 Å². The summed E-state index contributed by atoms with van der Waals surface area (Å²) >= 11 is 0. The molecule has 0 saturated heterocycles. The van der Waals surface area contributed by atoms with Gasteiger partial charge in [0.2, 0.25) is 0 Å². The molecule has 0 saturated carbocycles. The van der Waals surface area contributed by atoms with Crippen LogP contribution < -0.4 is 14.4 Å². The van der Waals surface area contributed by atoms with Gasteiger partial charge in [-0.1, -0.05) is 30.3 Å². The van der Waals surface area contributed by atoms with E-state index in [9.17, 15) is 0 Å². The fourth-order valence-electron chi connectivity index (χ4n) is 3.32. The lowest BCUT2D eigenvalue weighted by molar-refractivity contribution is 0.395. The summed E-state index contributed by atoms with van der Waals surface area (Å²) in [5.74, 6) is 2.43. The van der Waals surface area contributed by atoms with E-state index < -0.39 is 0 Å². The first-order chi connectivity index (χ1) is 13.7. The summed E-state index contributed by atoms with van der Waals surface area (Å²) in [5.41, 5.74) is 3.85. The number of anilines is 1. The summed E-state index contributed by atoms with van der Waals surface area (Å²) < 4.78 is 12.7. The molecule has 6 nitrogen and oxygen atoms in total. The van der Waals surface area contributed by atoms with Gasteiger partial charge < -0.3 is 14.4 Å². The van der Waals surface area contributed by atoms with Gasteiger partial charge in [-0.05, 0) is 23.8 Å². The molecular weight excluding hydrogens is 352 g/mol. The van der Waals surface area contributed by atoms with E-state index in [2.05, 4.69) is 34.2 Å². The molecule has 28 heavy (non-hydrogen) atoms. The van der Waals surface area contributed by atoms with Crippen molar-refractivity contribution in [3.63, 3.8) is 0 Å². The predicted octanol–water partition coefficient (Wildman–Crippen LogP) is 4.05. The predicted molar refractivity (Wildman–Crippen MR) is 110 cm³/mol. The van der Waals surface area contributed by atoms with Crippen LogP contribution in [0, 0.1) is 0 Å². The Hall–Kier alpha value is -3.54. The maximum Gasteiger partial charge on any atom is 0.165 e. The quantitative estimate of drug-likeness (QED) is 0.510. The summed E-state index contributed by atoms with van der Waals surface area (Å²) in [5, 5.41) is 4.60. The van der Waals surface area contributed by atoms with Crippen molar-refractivity contribution < 1.29 is 9.47 Å². The van der Waals surface area contributed by atoms with Crippen LogP contribution in [0.2, 0.25) is 0 Å². The standard InChI is InChI=1S/C22H22N4O2/c1-25(15-16-7-5-4-6-8-16)21-11-12-23-22-19(14-24-26(21)22)18-10-9-17(27-2)13-20(18)28-3/h4-14H,15H2,1-3H3. The second kappa shape index (κ2) is 7.60. The third kappa shape index (κ3) is 3.24. The maximum atomic E-state index is 5.56. The Morgan fingerprint density at radius 3 is 2.54 bits per heavy atom. The van der Waals surface area contributed by atoms with Gasteiger partial charge >= 0.3 is 0 Å². The van der Waals surface area contributed by atoms with Crippen LogP contribution in [-0.2, 0) is 6.54 Å². The molecule has 142 valence electrons. The van der Waals surface area contributed by atoms with Crippen molar-refractivity contribution in [1.82, 2.24) is 14.6 Å². The molecule has 0 atom stereocenters. The highest BCUT2D eigenvalue weighted by molar-refractivity contribution is 5.82. The highest BCUT2D eigenvalue weighted by Crippen LogP contribution is 2.35. The Morgan fingerprint density at radius 2 is 1.79 bits per heavy atom. The van der Waals surface area contributed by atoms with Crippen molar-refractivity contribution in [2.24, 2.45) is 0 Å². The average molecular weight is 374 g/mol. The van der Waals surface area contributed by atoms with Crippen LogP contribution >= 0.6 is 0 Å². The molecule has 0 amide bonds. The number of hydrogen-bond donors (Lipinski definition) is 0. The number of hydrogen-bond acceptors (Lipinski definition) is 5. The number of fused-ring (bicyclic) bond motifs is 1. The molecule has 0 N–H and O–H groups in total. The van der Waals surface area contributed by atoms with Gasteiger partial charge in [0.1, 0.15) is 17.3 Å². The van der Waals surface area contributed by atoms with E-state index in [4.69, 9.17) is 9.47 Å². The first-order valence-corrected chi connectivity index (χ1v) is 9.01. The lowest BCUT2D eigenvalue weighted by Gasteiger charge is -2.20. The Bertz CT molecular complexity index is 1090. The molecule has 0 spiro atoms. The lowest BCUT2D eigenvalue weighted by Crippen LogP contribution is -2.19. The highest BCUT2D eigenvalue weighted by Gasteiger charge is 2.16. The molecular formula is C22H22N4O2. The monoisotopic (exact) mass is 374 g/mol. The first-order valence-electron chi connectivity index (χ1n) is 9.01. The average Bonchev–Trinajstić information content (AvgIpc) is 3.18. The molecule has 0 unspecified atom stereocenters. The van der Waals surface area contributed by atoms with Gasteiger partial charge in [0, 0.05) is 31.4 Å². The van der Waals surface area contributed by atoms with Crippen LogP contribution in [-0.4, -0.2) is 35.9 Å². The minimum atomic E-state index is 0.721. The van der Waals surface area contributed by atoms with Crippen LogP contribution in [0.15, 0.2) is 67.0 Å². The van der Waals surface area contributed by atoms with Crippen LogP contribution in [0.1, 0.15) is 5.56 Å². The Balaban J connectivity index is 1.75. The topological polar surface area (TPSA) is 51.9 Å². The van der Waals surface area contributed by atoms with Crippen molar-refractivity contribution in [2.45, 2.75) is 6.54 Å². The van der Waals surface area contributed by atoms with E-state index in [1.807, 2.05) is 59.4 Å². The van der Waals surface area contributed by atoms with Gasteiger partial charge in [-0.3, -0.25) is 0 Å². The Labute approximate surface area is 164 Å². The van der Waals surface area contributed by atoms with Crippen molar-refractivity contribution in [3.05, 3.63) is 72.6 Å². The first kappa shape index (κ1) is 17.9. The molecule has 0 bridgehead atoms. The third-order valence-corrected chi connectivity index (χ3v) is 4.73. The molecule has 0 aliphatic carbocycles. The Morgan fingerprint density at radius 1 is 0.964 bits per heavy atom. The maximum absolute atomic E-state index is 5.56. The SMILES string of the molecule is COc1ccc(-c2cnn3c(N(C)Cc4ccccc4)ccnc23)c(OC)c1. The second-order valence-electron chi connectivity index (χ2n) is 6.50. The summed E-state index contributed by atoms with van der Waals surface area (Å²) in [6, 6.07) is 18.1. The van der Waals surface area contributed by atoms with Crippen LogP contribution in [0.4, 0.5) is 5.82 Å². The van der Waals surface area contributed by atoms with Gasteiger partial charge in [0.05, 0.1) is 26.0 Å². The van der Waals surface area contributed by atoms with E-state index in [-0.39, 0.29) is 0 Å². The summed E-state index contributed by atoms with van der Waals surface area (Å²) in [6.07, 6.45) is 3.64. The molecule has 6 heteroatoms. The largest absolute Gasteiger partial charge is 0.497 e. The zero-order valence-corrected chi connectivity index (χ0v) is 16.2. The summed E-state index contributed by atoms with van der Waals surface area (Å²) in [7, 11) is 5.34. The molecule has 0 radical (unpaired) electrons. The van der Waals surface area contributed by atoms with E-state index in [0.717, 1.165) is 40.6 Å². The summed E-state index contributed by atoms with van der Waals surface area (Å²) in [6.45, 7) is 0.779. The third-order valence-electron chi connectivity index (χ3n) is 4.73. The number of methoxy groups -OCH3 is 2. The second-order valence-corrected chi connectivity index (χ2v) is 6.50. The van der Waals surface area contributed by atoms with Gasteiger partial charge in [-0.25, -0.2) is 4.98 Å². The zero-order chi connectivity index (χ0) is 19.5. The van der Waals surface area contributed by atoms with Crippen molar-refractivity contribution in [1.29, 1.82) is 0 Å². The number of ether oxygens (including phenoxy) is 2. The van der Waals surface area contributed by atoms with E-state index in [1.54, 1.807) is 14.2 Å². The fourth-order valence-corrected chi connectivity index (χ4v) is 3.32. The Kier molecular flexibility index (Phi) is 4.85. The fraction of sp³-hybridized carbons (Fsp3) is 0.182. The molecule has 2 heterocycles. The smallest absolute Gasteiger partial charge is 0.165 e. The molecule has 4 rings (SSSR count). The molecule has 2 aromatic heterocycles. The molecule has 0 fully saturated rings. The van der Waals surface area contributed by atoms with Crippen LogP contribution in [0.5, 0.6) is 11.5 Å². The number of aromatic nitrogens is 3. The molecule has 0 aliphatic rings. The summed E-state index contributed by atoms with van der Waals surface area (Å²) in [4.78, 5) is 6.73. The van der Waals surface area contributed by atoms with E-state index in [1.165, 1.54) is 5.56 Å². The zero-order valence-electron chi connectivity index (χ0n) is 16.2. The van der Waals surface area contributed by atoms with Crippen molar-refractivity contribution in [3.8, 4) is 22.6 Å². The van der Waals surface area contributed by atoms with Gasteiger partial charge in [-0.2, -0.15) is 9.61 Å². The number of nitrogens with zero attached hydrogens (tertiary/aromatic N) is 4. The van der Waals surface area contributed by atoms with Crippen molar-refractivity contribution in [2.75, 3.05) is 26.2 Å². The minimum Gasteiger partial charge on any atom is -0.497 e. The number of benzene rings is 2. The highest BCUT2D eigenvalue weighted by atomic mass is 16.5. The minimum absolute atomic E-state index is 0.721. The van der Waals surface area contributed by atoms with Crippen LogP contribution in [0.25, 0.3) is 16.8 Å². The normalized spacial score (nSPS) is 10.8. The molecule has 2 aromatic carbocycles. The molecule has 4 aromatic rings.